The van der Waals surface area contributed by atoms with E-state index in [0.717, 1.165) is 13.0 Å². The van der Waals surface area contributed by atoms with Crippen LogP contribution in [-0.4, -0.2) is 20.6 Å². The predicted molar refractivity (Wildman–Crippen MR) is 36.3 cm³/mol. The highest BCUT2D eigenvalue weighted by molar-refractivity contribution is 6.08. The minimum Gasteiger partial charge on any atom is -0.379 e. The lowest BCUT2D eigenvalue weighted by Crippen LogP contribution is -2.07. The van der Waals surface area contributed by atoms with Crippen LogP contribution in [-0.2, 0) is 4.74 Å². The molecule has 0 aromatic carbocycles. The van der Waals surface area contributed by atoms with Crippen molar-refractivity contribution in [3.8, 4) is 0 Å². The van der Waals surface area contributed by atoms with Gasteiger partial charge in [-0.25, -0.2) is 0 Å². The lowest BCUT2D eigenvalue weighted by molar-refractivity contribution is 0.0798. The second-order valence-electron chi connectivity index (χ2n) is 1.92. The summed E-state index contributed by atoms with van der Waals surface area (Å²) in [7, 11) is 5.29. The van der Waals surface area contributed by atoms with Crippen LogP contribution >= 0.6 is 0 Å². The maximum Gasteiger partial charge on any atom is 0.0687 e. The molecule has 0 N–H and O–H groups in total. The van der Waals surface area contributed by atoms with Gasteiger partial charge < -0.3 is 4.74 Å². The van der Waals surface area contributed by atoms with E-state index < -0.39 is 0 Å². The predicted octanol–water partition coefficient (Wildman–Crippen LogP) is 1.39. The number of hydrogen-bond donors (Lipinski definition) is 0. The molecule has 0 saturated heterocycles. The van der Waals surface area contributed by atoms with E-state index in [1.807, 2.05) is 6.92 Å². The number of hydrogen-bond acceptors (Lipinski definition) is 1. The molecule has 0 fully saturated rings. The molecule has 0 aliphatic carbocycles. The van der Waals surface area contributed by atoms with Crippen molar-refractivity contribution in [3.63, 3.8) is 0 Å². The zero-order valence-corrected chi connectivity index (χ0v) is 5.68. The third-order valence-corrected chi connectivity index (χ3v) is 0.938. The maximum absolute atomic E-state index is 5.29. The lowest BCUT2D eigenvalue weighted by atomic mass is 10.0. The average Bonchev–Trinajstić information content (AvgIpc) is 1.83. The molecule has 46 valence electrons. The second kappa shape index (κ2) is 5.17. The second-order valence-corrected chi connectivity index (χ2v) is 1.92. The van der Waals surface area contributed by atoms with Gasteiger partial charge in [-0.3, -0.25) is 0 Å². The van der Waals surface area contributed by atoms with E-state index in [9.17, 15) is 0 Å². The van der Waals surface area contributed by atoms with Gasteiger partial charge in [-0.2, -0.15) is 0 Å². The Morgan fingerprint density at radius 1 is 1.62 bits per heavy atom. The Kier molecular flexibility index (Phi) is 5.18. The van der Waals surface area contributed by atoms with Crippen molar-refractivity contribution in [2.45, 2.75) is 32.7 Å². The van der Waals surface area contributed by atoms with Crippen LogP contribution in [0.4, 0.5) is 0 Å². The third kappa shape index (κ3) is 4.19. The van der Waals surface area contributed by atoms with E-state index in [1.165, 1.54) is 0 Å². The average molecular weight is 112 g/mol. The minimum absolute atomic E-state index is 0.231. The molecule has 0 aromatic rings. The van der Waals surface area contributed by atoms with Crippen LogP contribution in [0.5, 0.6) is 0 Å². The lowest BCUT2D eigenvalue weighted by Gasteiger charge is -2.07. The molecule has 0 spiro atoms. The molecule has 0 aliphatic heterocycles. The highest BCUT2D eigenvalue weighted by Gasteiger charge is 1.93. The molecular formula is C6H13BO. The maximum atomic E-state index is 5.29. The fraction of sp³-hybridized carbons (Fsp3) is 1.00. The normalized spacial score (nSPS) is 13.8. The molecule has 1 nitrogen and oxygen atoms in total. The Morgan fingerprint density at radius 3 is 2.62 bits per heavy atom. The van der Waals surface area contributed by atoms with E-state index >= 15 is 0 Å². The zero-order chi connectivity index (χ0) is 6.41. The summed E-state index contributed by atoms with van der Waals surface area (Å²) in [6.45, 7) is 4.90. The fourth-order valence-electron chi connectivity index (χ4n) is 0.387. The molecule has 0 rings (SSSR count). The van der Waals surface area contributed by atoms with Crippen molar-refractivity contribution in [1.29, 1.82) is 0 Å². The van der Waals surface area contributed by atoms with Crippen molar-refractivity contribution in [3.05, 3.63) is 0 Å². The molecule has 2 radical (unpaired) electrons. The summed E-state index contributed by atoms with van der Waals surface area (Å²) in [4.78, 5) is 0. The third-order valence-electron chi connectivity index (χ3n) is 0.938. The van der Waals surface area contributed by atoms with Crippen LogP contribution in [0.15, 0.2) is 0 Å². The van der Waals surface area contributed by atoms with Gasteiger partial charge in [0.2, 0.25) is 0 Å². The van der Waals surface area contributed by atoms with Gasteiger partial charge in [0.25, 0.3) is 0 Å². The summed E-state index contributed by atoms with van der Waals surface area (Å²) in [5.74, 6) is 0. The van der Waals surface area contributed by atoms with Gasteiger partial charge >= 0.3 is 0 Å². The summed E-state index contributed by atoms with van der Waals surface area (Å²) in [5.41, 5.74) is 0. The van der Waals surface area contributed by atoms with Gasteiger partial charge in [0, 0.05) is 12.7 Å². The van der Waals surface area contributed by atoms with Crippen molar-refractivity contribution < 1.29 is 4.74 Å². The van der Waals surface area contributed by atoms with Crippen molar-refractivity contribution in [2.75, 3.05) is 6.61 Å². The summed E-state index contributed by atoms with van der Waals surface area (Å²) in [5, 5.41) is 0. The van der Waals surface area contributed by atoms with Crippen LogP contribution in [0.2, 0.25) is 6.32 Å². The van der Waals surface area contributed by atoms with Crippen LogP contribution in [0, 0.1) is 0 Å². The SMILES string of the molecule is [B]CC(C)OCCC. The summed E-state index contributed by atoms with van der Waals surface area (Å²) >= 11 is 0. The minimum atomic E-state index is 0.231. The van der Waals surface area contributed by atoms with Gasteiger partial charge in [-0.1, -0.05) is 13.2 Å². The summed E-state index contributed by atoms with van der Waals surface area (Å²) in [6.07, 6.45) is 1.93. The molecule has 0 saturated carbocycles. The fourth-order valence-corrected chi connectivity index (χ4v) is 0.387. The molecule has 0 amide bonds. The molecule has 2 heteroatoms. The van der Waals surface area contributed by atoms with E-state index in [2.05, 4.69) is 6.92 Å². The first kappa shape index (κ1) is 8.02. The van der Waals surface area contributed by atoms with E-state index in [0.29, 0.717) is 6.32 Å². The van der Waals surface area contributed by atoms with E-state index in [4.69, 9.17) is 12.6 Å². The topological polar surface area (TPSA) is 9.23 Å². The Hall–Kier alpha value is 0.0249. The summed E-state index contributed by atoms with van der Waals surface area (Å²) < 4.78 is 5.22. The number of rotatable bonds is 4. The molecule has 0 aromatic heterocycles. The number of ether oxygens (including phenoxy) is 1. The highest BCUT2D eigenvalue weighted by atomic mass is 16.5. The Labute approximate surface area is 52.8 Å². The van der Waals surface area contributed by atoms with Crippen molar-refractivity contribution >= 4 is 7.85 Å². The first-order chi connectivity index (χ1) is 3.81. The molecule has 1 atom stereocenters. The van der Waals surface area contributed by atoms with Crippen LogP contribution in [0.25, 0.3) is 0 Å². The first-order valence-electron chi connectivity index (χ1n) is 3.13. The van der Waals surface area contributed by atoms with Crippen LogP contribution in [0.1, 0.15) is 20.3 Å². The first-order valence-corrected chi connectivity index (χ1v) is 3.13. The van der Waals surface area contributed by atoms with Gasteiger partial charge in [0.15, 0.2) is 0 Å². The highest BCUT2D eigenvalue weighted by Crippen LogP contribution is 1.94. The molecular weight excluding hydrogens is 98.9 g/mol. The standard InChI is InChI=1S/C6H13BO/c1-3-4-8-6(2)5-7/h6H,3-5H2,1-2H3. The molecule has 0 heterocycles. The van der Waals surface area contributed by atoms with E-state index in [-0.39, 0.29) is 6.10 Å². The van der Waals surface area contributed by atoms with Crippen LogP contribution in [0.3, 0.4) is 0 Å². The van der Waals surface area contributed by atoms with Gasteiger partial charge in [0.1, 0.15) is 0 Å². The molecule has 1 unspecified atom stereocenters. The van der Waals surface area contributed by atoms with Gasteiger partial charge in [-0.05, 0) is 13.3 Å². The molecule has 0 aliphatic rings. The Balaban J connectivity index is 2.86. The van der Waals surface area contributed by atoms with Crippen LogP contribution < -0.4 is 0 Å². The zero-order valence-electron chi connectivity index (χ0n) is 5.68. The van der Waals surface area contributed by atoms with Crippen molar-refractivity contribution in [2.24, 2.45) is 0 Å². The molecule has 0 bridgehead atoms. The smallest absolute Gasteiger partial charge is 0.0687 e. The monoisotopic (exact) mass is 112 g/mol. The summed E-state index contributed by atoms with van der Waals surface area (Å²) in [6, 6.07) is 0. The Morgan fingerprint density at radius 2 is 2.25 bits per heavy atom. The largest absolute Gasteiger partial charge is 0.379 e. The molecule has 8 heavy (non-hydrogen) atoms. The van der Waals surface area contributed by atoms with Gasteiger partial charge in [-0.15, -0.1) is 0 Å². The Bertz CT molecular complexity index is 47.8. The van der Waals surface area contributed by atoms with Crippen molar-refractivity contribution in [1.82, 2.24) is 0 Å². The quantitative estimate of drug-likeness (QED) is 0.499. The van der Waals surface area contributed by atoms with Gasteiger partial charge in [0.05, 0.1) is 7.85 Å². The van der Waals surface area contributed by atoms with E-state index in [1.54, 1.807) is 0 Å².